The fourth-order valence-electron chi connectivity index (χ4n) is 4.49. The summed E-state index contributed by atoms with van der Waals surface area (Å²) >= 11 is 12.6. The van der Waals surface area contributed by atoms with Crippen molar-refractivity contribution in [1.29, 1.82) is 0 Å². The van der Waals surface area contributed by atoms with Crippen molar-refractivity contribution in [1.82, 2.24) is 10.2 Å². The average Bonchev–Trinajstić information content (AvgIpc) is 2.92. The van der Waals surface area contributed by atoms with Crippen LogP contribution in [0.25, 0.3) is 0 Å². The third kappa shape index (κ3) is 8.24. The van der Waals surface area contributed by atoms with Crippen molar-refractivity contribution in [2.45, 2.75) is 70.5 Å². The van der Waals surface area contributed by atoms with Gasteiger partial charge in [-0.15, -0.1) is 0 Å². The molecular weight excluding hydrogens is 581 g/mol. The SMILES string of the molecule is CCc1ccccc1N(CC(=O)N(Cc1ccc(Cl)cc1Cl)[C@@H](CC)C(=O)NC(C)(C)C)S(=O)(=O)c1ccccc1. The van der Waals surface area contributed by atoms with Gasteiger partial charge in [-0.25, -0.2) is 8.42 Å². The maximum absolute atomic E-state index is 14.2. The van der Waals surface area contributed by atoms with Gasteiger partial charge in [0.15, 0.2) is 0 Å². The highest BCUT2D eigenvalue weighted by atomic mass is 35.5. The van der Waals surface area contributed by atoms with E-state index in [1.807, 2.05) is 46.8 Å². The average molecular weight is 619 g/mol. The second kappa shape index (κ2) is 13.7. The van der Waals surface area contributed by atoms with E-state index in [1.165, 1.54) is 17.0 Å². The lowest BCUT2D eigenvalue weighted by molar-refractivity contribution is -0.141. The van der Waals surface area contributed by atoms with Crippen molar-refractivity contribution in [3.63, 3.8) is 0 Å². The van der Waals surface area contributed by atoms with E-state index in [-0.39, 0.29) is 17.3 Å². The minimum atomic E-state index is -4.14. The molecule has 0 saturated heterocycles. The molecular formula is C31H37Cl2N3O4S. The third-order valence-corrected chi connectivity index (χ3v) is 8.85. The molecule has 0 unspecified atom stereocenters. The van der Waals surface area contributed by atoms with Gasteiger partial charge in [-0.05, 0) is 75.1 Å². The Balaban J connectivity index is 2.12. The Kier molecular flexibility index (Phi) is 10.9. The van der Waals surface area contributed by atoms with Crippen molar-refractivity contribution in [3.05, 3.63) is 94.0 Å². The normalized spacial score (nSPS) is 12.5. The number of para-hydroxylation sites is 1. The number of carbonyl (C=O) groups is 2. The Labute approximate surface area is 253 Å². The summed E-state index contributed by atoms with van der Waals surface area (Å²) < 4.78 is 29.2. The van der Waals surface area contributed by atoms with Crippen LogP contribution >= 0.6 is 23.2 Å². The summed E-state index contributed by atoms with van der Waals surface area (Å²) in [6, 6.07) is 19.1. The highest BCUT2D eigenvalue weighted by Crippen LogP contribution is 2.29. The molecule has 1 atom stereocenters. The Hall–Kier alpha value is -3.07. The molecule has 0 radical (unpaired) electrons. The first-order valence-electron chi connectivity index (χ1n) is 13.5. The smallest absolute Gasteiger partial charge is 0.264 e. The van der Waals surface area contributed by atoms with Crippen molar-refractivity contribution in [3.8, 4) is 0 Å². The number of nitrogens with zero attached hydrogens (tertiary/aromatic N) is 2. The Bertz CT molecular complexity index is 1470. The van der Waals surface area contributed by atoms with Crippen LogP contribution in [0.3, 0.4) is 0 Å². The number of nitrogens with one attached hydrogen (secondary N) is 1. The van der Waals surface area contributed by atoms with Gasteiger partial charge in [0.2, 0.25) is 11.8 Å². The number of carbonyl (C=O) groups excluding carboxylic acids is 2. The van der Waals surface area contributed by atoms with Gasteiger partial charge in [-0.1, -0.05) is 79.5 Å². The maximum Gasteiger partial charge on any atom is 0.264 e. The Morgan fingerprint density at radius 2 is 1.54 bits per heavy atom. The number of amides is 2. The highest BCUT2D eigenvalue weighted by molar-refractivity contribution is 7.92. The first-order chi connectivity index (χ1) is 19.3. The van der Waals surface area contributed by atoms with Gasteiger partial charge in [0, 0.05) is 22.1 Å². The molecule has 0 spiro atoms. The van der Waals surface area contributed by atoms with Crippen LogP contribution in [0.15, 0.2) is 77.7 Å². The predicted molar refractivity (Wildman–Crippen MR) is 166 cm³/mol. The molecule has 3 rings (SSSR count). The number of hydrogen-bond donors (Lipinski definition) is 1. The van der Waals surface area contributed by atoms with Crippen LogP contribution in [0.4, 0.5) is 5.69 Å². The van der Waals surface area contributed by atoms with Gasteiger partial charge >= 0.3 is 0 Å². The van der Waals surface area contributed by atoms with E-state index in [1.54, 1.807) is 48.5 Å². The fourth-order valence-corrected chi connectivity index (χ4v) is 6.43. The van der Waals surface area contributed by atoms with Crippen LogP contribution in [-0.4, -0.2) is 43.3 Å². The summed E-state index contributed by atoms with van der Waals surface area (Å²) in [5, 5.41) is 3.73. The summed E-state index contributed by atoms with van der Waals surface area (Å²) in [4.78, 5) is 29.1. The van der Waals surface area contributed by atoms with Gasteiger partial charge in [0.05, 0.1) is 10.6 Å². The molecule has 0 heterocycles. The third-order valence-electron chi connectivity index (χ3n) is 6.49. The minimum absolute atomic E-state index is 0.0143. The van der Waals surface area contributed by atoms with Crippen molar-refractivity contribution in [2.75, 3.05) is 10.8 Å². The van der Waals surface area contributed by atoms with Crippen LogP contribution in [0.5, 0.6) is 0 Å². The second-order valence-electron chi connectivity index (χ2n) is 10.7. The number of rotatable bonds is 11. The number of sulfonamides is 1. The molecule has 0 aliphatic heterocycles. The summed E-state index contributed by atoms with van der Waals surface area (Å²) in [5.74, 6) is -0.887. The molecule has 0 fully saturated rings. The van der Waals surface area contributed by atoms with Gasteiger partial charge < -0.3 is 10.2 Å². The molecule has 10 heteroatoms. The first-order valence-corrected chi connectivity index (χ1v) is 15.7. The second-order valence-corrected chi connectivity index (χ2v) is 13.4. The van der Waals surface area contributed by atoms with E-state index in [2.05, 4.69) is 5.32 Å². The molecule has 0 bridgehead atoms. The number of aryl methyl sites for hydroxylation is 1. The number of anilines is 1. The highest BCUT2D eigenvalue weighted by Gasteiger charge is 2.35. The van der Waals surface area contributed by atoms with E-state index in [9.17, 15) is 18.0 Å². The first kappa shape index (κ1) is 32.4. The quantitative estimate of drug-likeness (QED) is 0.267. The molecule has 220 valence electrons. The minimum Gasteiger partial charge on any atom is -0.350 e. The number of hydrogen-bond acceptors (Lipinski definition) is 4. The zero-order valence-corrected chi connectivity index (χ0v) is 26.4. The monoisotopic (exact) mass is 617 g/mol. The summed E-state index contributed by atoms with van der Waals surface area (Å²) in [6.07, 6.45) is 0.858. The topological polar surface area (TPSA) is 86.8 Å². The lowest BCUT2D eigenvalue weighted by Gasteiger charge is -2.35. The molecule has 0 aromatic heterocycles. The van der Waals surface area contributed by atoms with Crippen LogP contribution in [0.2, 0.25) is 10.0 Å². The van der Waals surface area contributed by atoms with Gasteiger partial charge in [0.25, 0.3) is 10.0 Å². The molecule has 41 heavy (non-hydrogen) atoms. The molecule has 0 saturated carbocycles. The lowest BCUT2D eigenvalue weighted by Crippen LogP contribution is -2.55. The predicted octanol–water partition coefficient (Wildman–Crippen LogP) is 6.47. The molecule has 2 amide bonds. The van der Waals surface area contributed by atoms with Crippen molar-refractivity contribution < 1.29 is 18.0 Å². The zero-order chi connectivity index (χ0) is 30.4. The summed E-state index contributed by atoms with van der Waals surface area (Å²) in [7, 11) is -4.14. The number of benzene rings is 3. The fraction of sp³-hybridized carbons (Fsp3) is 0.355. The molecule has 3 aromatic rings. The van der Waals surface area contributed by atoms with E-state index < -0.39 is 34.1 Å². The van der Waals surface area contributed by atoms with Crippen molar-refractivity contribution in [2.24, 2.45) is 0 Å². The molecule has 3 aromatic carbocycles. The van der Waals surface area contributed by atoms with Gasteiger partial charge in [-0.2, -0.15) is 0 Å². The van der Waals surface area contributed by atoms with Gasteiger partial charge in [0.1, 0.15) is 12.6 Å². The molecule has 0 aliphatic rings. The van der Waals surface area contributed by atoms with Gasteiger partial charge in [-0.3, -0.25) is 13.9 Å². The van der Waals surface area contributed by atoms with E-state index in [0.29, 0.717) is 34.1 Å². The van der Waals surface area contributed by atoms with Crippen LogP contribution in [0.1, 0.15) is 52.2 Å². The van der Waals surface area contributed by atoms with E-state index >= 15 is 0 Å². The Morgan fingerprint density at radius 3 is 2.12 bits per heavy atom. The lowest BCUT2D eigenvalue weighted by atomic mass is 10.1. The molecule has 7 nitrogen and oxygen atoms in total. The van der Waals surface area contributed by atoms with Crippen LogP contribution in [-0.2, 0) is 32.6 Å². The van der Waals surface area contributed by atoms with Crippen LogP contribution in [0, 0.1) is 0 Å². The van der Waals surface area contributed by atoms with Crippen molar-refractivity contribution >= 4 is 50.7 Å². The standard InChI is InChI=1S/C31H37Cl2N3O4S/c1-6-22-13-11-12-16-28(22)36(41(39,40)25-14-9-8-10-15-25)21-29(37)35(20-23-17-18-24(32)19-26(23)33)27(7-2)30(38)34-31(3,4)5/h8-19,27H,6-7,20-21H2,1-5H3,(H,34,38)/t27-/m0/s1. The van der Waals surface area contributed by atoms with E-state index in [4.69, 9.17) is 23.2 Å². The summed E-state index contributed by atoms with van der Waals surface area (Å²) in [5.41, 5.74) is 1.21. The molecule has 0 aliphatic carbocycles. The summed E-state index contributed by atoms with van der Waals surface area (Å²) in [6.45, 7) is 8.77. The number of halogens is 2. The molecule has 1 N–H and O–H groups in total. The van der Waals surface area contributed by atoms with Crippen LogP contribution < -0.4 is 9.62 Å². The maximum atomic E-state index is 14.2. The largest absolute Gasteiger partial charge is 0.350 e. The van der Waals surface area contributed by atoms with E-state index in [0.717, 1.165) is 9.87 Å². The Morgan fingerprint density at radius 1 is 0.902 bits per heavy atom. The zero-order valence-electron chi connectivity index (χ0n) is 24.0.